The van der Waals surface area contributed by atoms with Gasteiger partial charge in [-0.2, -0.15) is 0 Å². The van der Waals surface area contributed by atoms with Crippen LogP contribution in [0.3, 0.4) is 0 Å². The van der Waals surface area contributed by atoms with E-state index in [2.05, 4.69) is 0 Å². The van der Waals surface area contributed by atoms with E-state index < -0.39 is 20.3 Å². The van der Waals surface area contributed by atoms with E-state index in [1.54, 1.807) is 0 Å². The molecular weight excluding hydrogens is 250 g/mol. The summed E-state index contributed by atoms with van der Waals surface area (Å²) in [6.07, 6.45) is 0. The summed E-state index contributed by atoms with van der Waals surface area (Å²) in [6, 6.07) is 0. The normalized spacial score (nSPS) is 13.1. The maximum absolute atomic E-state index is 13.6. The predicted molar refractivity (Wildman–Crippen MR) is 49.9 cm³/mol. The standard InChI is InChI=1S/2C4H9.FH.H2O.Sn/c2*1-4(2)3;;;/h2*1-3H3;1H;1H2;/q;;;;+1/p-1. The van der Waals surface area contributed by atoms with Crippen LogP contribution in [0.1, 0.15) is 41.5 Å². The minimum atomic E-state index is -2.64. The summed E-state index contributed by atoms with van der Waals surface area (Å²) in [5, 5.41) is 0. The van der Waals surface area contributed by atoms with Gasteiger partial charge in [0.15, 0.2) is 0 Å². The zero-order valence-corrected chi connectivity index (χ0v) is 11.2. The van der Waals surface area contributed by atoms with Crippen LogP contribution in [0.15, 0.2) is 0 Å². The van der Waals surface area contributed by atoms with Gasteiger partial charge in [0.2, 0.25) is 0 Å². The smallest absolute Gasteiger partial charge is 0.412 e. The van der Waals surface area contributed by atoms with Crippen molar-refractivity contribution >= 4 is 20.3 Å². The molecule has 0 rings (SSSR count). The summed E-state index contributed by atoms with van der Waals surface area (Å²) in [5.41, 5.74) is 0. The fourth-order valence-corrected chi connectivity index (χ4v) is 7.55. The van der Waals surface area contributed by atoms with Crippen molar-refractivity contribution < 1.29 is 8.34 Å². The minimum Gasteiger partial charge on any atom is -0.412 e. The van der Waals surface area contributed by atoms with Crippen molar-refractivity contribution in [3.8, 4) is 0 Å². The van der Waals surface area contributed by atoms with Gasteiger partial charge < -0.3 is 5.48 Å². The number of halogens is 1. The molecule has 3 heteroatoms. The van der Waals surface area contributed by atoms with Crippen molar-refractivity contribution in [3.05, 3.63) is 0 Å². The van der Waals surface area contributed by atoms with Gasteiger partial charge in [-0.1, -0.05) is 0 Å². The summed E-state index contributed by atoms with van der Waals surface area (Å²) in [6.45, 7) is 12.1. The number of hydrogen-bond acceptors (Lipinski definition) is 0. The average molecular weight is 270 g/mol. The third kappa shape index (κ3) is 5.01. The van der Waals surface area contributed by atoms with E-state index in [1.807, 2.05) is 41.5 Å². The first-order valence-electron chi connectivity index (χ1n) is 3.69. The molecule has 0 amide bonds. The molecule has 0 unspecified atom stereocenters. The zero-order valence-electron chi connectivity index (χ0n) is 8.38. The second kappa shape index (κ2) is 4.08. The summed E-state index contributed by atoms with van der Waals surface area (Å²) >= 11 is -2.64. The van der Waals surface area contributed by atoms with Gasteiger partial charge in [0.1, 0.15) is 0 Å². The molecule has 0 bridgehead atoms. The summed E-state index contributed by atoms with van der Waals surface area (Å²) in [4.78, 5) is 0. The van der Waals surface area contributed by atoms with Crippen LogP contribution >= 0.6 is 0 Å². The Hall–Kier alpha value is 0.689. The van der Waals surface area contributed by atoms with Crippen LogP contribution in [0.5, 0.6) is 0 Å². The average Bonchev–Trinajstić information content (AvgIpc) is 1.59. The van der Waals surface area contributed by atoms with E-state index in [1.165, 1.54) is 0 Å². The minimum absolute atomic E-state index is 0. The van der Waals surface area contributed by atoms with Crippen molar-refractivity contribution in [1.82, 2.24) is 0 Å². The molecule has 0 aromatic heterocycles. The maximum atomic E-state index is 13.6. The first-order chi connectivity index (χ1) is 4.15. The second-order valence-corrected chi connectivity index (χ2v) is 15.2. The Morgan fingerprint density at radius 2 is 1.00 bits per heavy atom. The van der Waals surface area contributed by atoms with E-state index in [-0.39, 0.29) is 12.3 Å². The van der Waals surface area contributed by atoms with E-state index in [4.69, 9.17) is 0 Å². The van der Waals surface area contributed by atoms with Gasteiger partial charge in [0.05, 0.1) is 0 Å². The van der Waals surface area contributed by atoms with Gasteiger partial charge in [-0.15, -0.1) is 0 Å². The van der Waals surface area contributed by atoms with Crippen molar-refractivity contribution in [3.63, 3.8) is 0 Å². The molecule has 0 aliphatic carbocycles. The molecule has 0 saturated heterocycles. The van der Waals surface area contributed by atoms with E-state index in [0.717, 1.165) is 0 Å². The molecule has 0 heterocycles. The van der Waals surface area contributed by atoms with E-state index in [9.17, 15) is 2.87 Å². The molecule has 11 heavy (non-hydrogen) atoms. The van der Waals surface area contributed by atoms with Crippen molar-refractivity contribution in [2.75, 3.05) is 0 Å². The van der Waals surface area contributed by atoms with Crippen LogP contribution in [0.4, 0.5) is 2.87 Å². The number of rotatable bonds is 0. The van der Waals surface area contributed by atoms with Crippen LogP contribution in [0.2, 0.25) is 6.86 Å². The quantitative estimate of drug-likeness (QED) is 0.606. The Morgan fingerprint density at radius 1 is 0.818 bits per heavy atom. The monoisotopic (exact) mass is 271 g/mol. The van der Waals surface area contributed by atoms with Gasteiger partial charge in [-0.25, -0.2) is 0 Å². The van der Waals surface area contributed by atoms with Crippen LogP contribution in [-0.4, -0.2) is 25.8 Å². The SMILES string of the molecule is C[C](C)(C)[Sn]([F])[C](C)(C)C.O. The Bertz CT molecular complexity index is 98.2. The summed E-state index contributed by atoms with van der Waals surface area (Å²) < 4.78 is 13.6. The van der Waals surface area contributed by atoms with Gasteiger partial charge >= 0.3 is 71.6 Å². The Balaban J connectivity index is 0. The van der Waals surface area contributed by atoms with E-state index in [0.29, 0.717) is 0 Å². The predicted octanol–water partition coefficient (Wildman–Crippen LogP) is 2.72. The Kier molecular flexibility index (Phi) is 5.27. The zero-order chi connectivity index (χ0) is 8.58. The first-order valence-corrected chi connectivity index (χ1v) is 7.62. The molecule has 0 saturated carbocycles. The van der Waals surface area contributed by atoms with Crippen molar-refractivity contribution in [1.29, 1.82) is 0 Å². The van der Waals surface area contributed by atoms with Gasteiger partial charge in [0.25, 0.3) is 0 Å². The van der Waals surface area contributed by atoms with Crippen molar-refractivity contribution in [2.24, 2.45) is 0 Å². The molecule has 0 atom stereocenters. The summed E-state index contributed by atoms with van der Waals surface area (Å²) in [7, 11) is 0. The fourth-order valence-electron chi connectivity index (χ4n) is 1.12. The molecule has 1 nitrogen and oxygen atoms in total. The Labute approximate surface area is 77.2 Å². The Morgan fingerprint density at radius 3 is 1.00 bits per heavy atom. The van der Waals surface area contributed by atoms with Crippen molar-refractivity contribution in [2.45, 2.75) is 48.4 Å². The second-order valence-electron chi connectivity index (χ2n) is 4.81. The molecule has 0 aliphatic heterocycles. The molecule has 0 aromatic rings. The third-order valence-corrected chi connectivity index (χ3v) is 8.83. The molecular formula is C8H20FOSn. The number of hydrogen-bond donors (Lipinski definition) is 0. The van der Waals surface area contributed by atoms with Crippen LogP contribution in [0, 0.1) is 0 Å². The molecule has 0 aromatic carbocycles. The fraction of sp³-hybridized carbons (Fsp3) is 1.00. The van der Waals surface area contributed by atoms with Gasteiger partial charge in [-0.3, -0.25) is 0 Å². The maximum Gasteiger partial charge on any atom is -0.412 e. The van der Waals surface area contributed by atoms with Crippen LogP contribution in [0.25, 0.3) is 0 Å². The molecule has 2 N–H and O–H groups in total. The van der Waals surface area contributed by atoms with Gasteiger partial charge in [-0.05, 0) is 0 Å². The van der Waals surface area contributed by atoms with Gasteiger partial charge in [0, 0.05) is 0 Å². The topological polar surface area (TPSA) is 31.5 Å². The third-order valence-electron chi connectivity index (χ3n) is 1.32. The molecule has 0 aliphatic rings. The first kappa shape index (κ1) is 14.2. The molecule has 0 fully saturated rings. The van der Waals surface area contributed by atoms with E-state index >= 15 is 0 Å². The molecule has 69 valence electrons. The van der Waals surface area contributed by atoms with Crippen LogP contribution in [-0.2, 0) is 0 Å². The van der Waals surface area contributed by atoms with Crippen LogP contribution < -0.4 is 0 Å². The molecule has 0 spiro atoms. The largest absolute Gasteiger partial charge is 0.412 e. The summed E-state index contributed by atoms with van der Waals surface area (Å²) in [5.74, 6) is 0. The molecule has 1 radical (unpaired) electrons.